The van der Waals surface area contributed by atoms with E-state index in [4.69, 9.17) is 0 Å². The molecule has 2 nitrogen and oxygen atoms in total. The first-order valence-electron chi connectivity index (χ1n) is 14.5. The Morgan fingerprint density at radius 2 is 1.20 bits per heavy atom. The molecule has 9 heteroatoms. The summed E-state index contributed by atoms with van der Waals surface area (Å²) in [7, 11) is 0. The molecule has 5 aromatic rings. The molecule has 5 aromatic carbocycles. The lowest BCUT2D eigenvalue weighted by Gasteiger charge is -2.20. The molecule has 0 amide bonds. The van der Waals surface area contributed by atoms with Gasteiger partial charge in [-0.15, -0.1) is 0 Å². The van der Waals surface area contributed by atoms with Gasteiger partial charge in [0, 0.05) is 11.1 Å². The average Bonchev–Trinajstić information content (AvgIpc) is 3.02. The van der Waals surface area contributed by atoms with E-state index in [0.717, 1.165) is 49.4 Å². The van der Waals surface area contributed by atoms with Crippen molar-refractivity contribution in [3.63, 3.8) is 0 Å². The SMILES string of the molecule is CCCCCc1ccc(-c2ccc(-c3ccc(-c4cc(F)c(C(F)(F)Oc5ccc(N=C=S)cc5)c(F)c4)c(F)c3)c(F)c2)cc1. The molecule has 0 bridgehead atoms. The van der Waals surface area contributed by atoms with Crippen LogP contribution in [-0.2, 0) is 12.5 Å². The normalized spacial score (nSPS) is 11.3. The van der Waals surface area contributed by atoms with Crippen molar-refractivity contribution in [2.45, 2.75) is 38.7 Å². The second-order valence-electron chi connectivity index (χ2n) is 10.7. The van der Waals surface area contributed by atoms with Gasteiger partial charge in [0.15, 0.2) is 0 Å². The van der Waals surface area contributed by atoms with E-state index in [2.05, 4.69) is 34.0 Å². The van der Waals surface area contributed by atoms with E-state index in [1.807, 2.05) is 24.3 Å². The lowest BCUT2D eigenvalue weighted by Crippen LogP contribution is -2.25. The Balaban J connectivity index is 1.35. The first-order valence-corrected chi connectivity index (χ1v) is 14.9. The third kappa shape index (κ3) is 7.39. The number of isothiocyanates is 1. The molecule has 0 aliphatic heterocycles. The minimum absolute atomic E-state index is 0.122. The Labute approximate surface area is 268 Å². The molecular weight excluding hydrogens is 620 g/mol. The van der Waals surface area contributed by atoms with Gasteiger partial charge < -0.3 is 4.74 Å². The lowest BCUT2D eigenvalue weighted by molar-refractivity contribution is -0.189. The van der Waals surface area contributed by atoms with Crippen molar-refractivity contribution in [1.29, 1.82) is 0 Å². The van der Waals surface area contributed by atoms with Crippen LogP contribution in [0.3, 0.4) is 0 Å². The number of aliphatic imine (C=N–C) groups is 1. The highest BCUT2D eigenvalue weighted by molar-refractivity contribution is 7.78. The van der Waals surface area contributed by atoms with E-state index in [1.54, 1.807) is 6.07 Å². The third-order valence-electron chi connectivity index (χ3n) is 7.51. The molecule has 0 atom stereocenters. The van der Waals surface area contributed by atoms with Gasteiger partial charge in [-0.2, -0.15) is 13.8 Å². The number of rotatable bonds is 11. The van der Waals surface area contributed by atoms with Crippen molar-refractivity contribution in [1.82, 2.24) is 0 Å². The van der Waals surface area contributed by atoms with Gasteiger partial charge in [-0.25, -0.2) is 17.6 Å². The minimum Gasteiger partial charge on any atom is -0.429 e. The maximum Gasteiger partial charge on any atom is 0.432 e. The first kappa shape index (κ1) is 32.7. The summed E-state index contributed by atoms with van der Waals surface area (Å²) < 4.78 is 94.7. The quantitative estimate of drug-likeness (QED) is 0.0616. The number of aryl methyl sites for hydroxylation is 1. The number of halogens is 6. The van der Waals surface area contributed by atoms with Crippen molar-refractivity contribution >= 4 is 23.1 Å². The zero-order valence-electron chi connectivity index (χ0n) is 24.6. The number of hydrogen-bond acceptors (Lipinski definition) is 3. The maximum absolute atomic E-state index is 15.3. The summed E-state index contributed by atoms with van der Waals surface area (Å²) in [6.45, 7) is 2.15. The lowest BCUT2D eigenvalue weighted by atomic mass is 9.96. The van der Waals surface area contributed by atoms with Gasteiger partial charge in [0.25, 0.3) is 0 Å². The fraction of sp³-hybridized carbons (Fsp3) is 0.162. The molecule has 0 unspecified atom stereocenters. The van der Waals surface area contributed by atoms with Crippen molar-refractivity contribution in [2.75, 3.05) is 0 Å². The van der Waals surface area contributed by atoms with E-state index < -0.39 is 34.9 Å². The molecule has 0 radical (unpaired) electrons. The smallest absolute Gasteiger partial charge is 0.429 e. The largest absolute Gasteiger partial charge is 0.432 e. The van der Waals surface area contributed by atoms with Crippen molar-refractivity contribution in [2.24, 2.45) is 4.99 Å². The average molecular weight is 648 g/mol. The van der Waals surface area contributed by atoms with Crippen LogP contribution in [-0.4, -0.2) is 5.16 Å². The van der Waals surface area contributed by atoms with Gasteiger partial charge in [-0.05, 0) is 101 Å². The molecule has 0 saturated heterocycles. The summed E-state index contributed by atoms with van der Waals surface area (Å²) in [5, 5.41) is 2.12. The highest BCUT2D eigenvalue weighted by Crippen LogP contribution is 2.38. The Kier molecular flexibility index (Phi) is 10.0. The van der Waals surface area contributed by atoms with E-state index in [-0.39, 0.29) is 28.0 Å². The summed E-state index contributed by atoms with van der Waals surface area (Å²) in [6, 6.07) is 22.2. The molecular formula is C37H27F6NOS. The predicted octanol–water partition coefficient (Wildman–Crippen LogP) is 11.8. The van der Waals surface area contributed by atoms with Gasteiger partial charge in [0.05, 0.1) is 10.8 Å². The predicted molar refractivity (Wildman–Crippen MR) is 171 cm³/mol. The Morgan fingerprint density at radius 3 is 1.78 bits per heavy atom. The number of hydrogen-bond donors (Lipinski definition) is 0. The monoisotopic (exact) mass is 647 g/mol. The van der Waals surface area contributed by atoms with Crippen LogP contribution < -0.4 is 4.74 Å². The van der Waals surface area contributed by atoms with Crippen molar-refractivity contribution < 1.29 is 31.1 Å². The molecule has 0 saturated carbocycles. The Bertz CT molecular complexity index is 1880. The van der Waals surface area contributed by atoms with Crippen LogP contribution in [0.15, 0.2) is 102 Å². The molecule has 234 valence electrons. The van der Waals surface area contributed by atoms with Crippen molar-refractivity contribution in [3.8, 4) is 39.1 Å². The van der Waals surface area contributed by atoms with E-state index >= 15 is 8.78 Å². The van der Waals surface area contributed by atoms with Crippen molar-refractivity contribution in [3.05, 3.63) is 131 Å². The van der Waals surface area contributed by atoms with Crippen LogP contribution in [0, 0.1) is 23.3 Å². The Hall–Kier alpha value is -4.72. The van der Waals surface area contributed by atoms with Gasteiger partial charge in [0.1, 0.15) is 34.6 Å². The standard InChI is InChI=1S/C37H27F6NOS/c1-2-3-4-5-23-6-8-24(9-7-23)25-10-16-30(32(38)18-25)26-11-17-31(33(39)19-26)27-20-34(40)36(35(41)21-27)37(42,43)45-29-14-12-28(13-15-29)44-22-46/h6-21H,2-5H2,1H3. The third-order valence-corrected chi connectivity index (χ3v) is 7.60. The number of nitrogens with zero attached hydrogens (tertiary/aromatic N) is 1. The molecule has 46 heavy (non-hydrogen) atoms. The van der Waals surface area contributed by atoms with Crippen LogP contribution in [0.25, 0.3) is 33.4 Å². The summed E-state index contributed by atoms with van der Waals surface area (Å²) in [6.07, 6.45) is -0.00808. The molecule has 0 spiro atoms. The zero-order chi connectivity index (χ0) is 32.8. The fourth-order valence-corrected chi connectivity index (χ4v) is 5.24. The topological polar surface area (TPSA) is 21.6 Å². The summed E-state index contributed by atoms with van der Waals surface area (Å²) in [4.78, 5) is 3.68. The van der Waals surface area contributed by atoms with Crippen LogP contribution in [0.5, 0.6) is 5.75 Å². The second-order valence-corrected chi connectivity index (χ2v) is 10.9. The summed E-state index contributed by atoms with van der Waals surface area (Å²) in [5.74, 6) is -5.16. The van der Waals surface area contributed by atoms with E-state index in [9.17, 15) is 17.6 Å². The number of thiocarbonyl (C=S) groups is 1. The molecule has 0 N–H and O–H groups in total. The molecule has 0 aromatic heterocycles. The molecule has 0 heterocycles. The summed E-state index contributed by atoms with van der Waals surface area (Å²) in [5.41, 5.74) is 1.11. The Morgan fingerprint density at radius 1 is 0.652 bits per heavy atom. The molecule has 0 aliphatic rings. The number of alkyl halides is 2. The van der Waals surface area contributed by atoms with E-state index in [1.165, 1.54) is 42.0 Å². The minimum atomic E-state index is -4.40. The summed E-state index contributed by atoms with van der Waals surface area (Å²) >= 11 is 4.48. The van der Waals surface area contributed by atoms with Gasteiger partial charge >= 0.3 is 6.11 Å². The van der Waals surface area contributed by atoms with Gasteiger partial charge in [-0.1, -0.05) is 68.3 Å². The van der Waals surface area contributed by atoms with E-state index in [0.29, 0.717) is 23.4 Å². The molecule has 0 fully saturated rings. The molecule has 0 aliphatic carbocycles. The zero-order valence-corrected chi connectivity index (χ0v) is 25.4. The van der Waals surface area contributed by atoms with Crippen LogP contribution in [0.1, 0.15) is 37.3 Å². The van der Waals surface area contributed by atoms with Gasteiger partial charge in [-0.3, -0.25) is 0 Å². The number of benzene rings is 5. The first-order chi connectivity index (χ1) is 22.1. The van der Waals surface area contributed by atoms with Crippen LogP contribution in [0.2, 0.25) is 0 Å². The highest BCUT2D eigenvalue weighted by Gasteiger charge is 2.41. The number of ether oxygens (including phenoxy) is 1. The number of unbranched alkanes of at least 4 members (excludes halogenated alkanes) is 2. The fourth-order valence-electron chi connectivity index (χ4n) is 5.14. The second kappa shape index (κ2) is 14.1. The van der Waals surface area contributed by atoms with Crippen LogP contribution in [0.4, 0.5) is 32.0 Å². The molecule has 5 rings (SSSR count). The maximum atomic E-state index is 15.3. The van der Waals surface area contributed by atoms with Gasteiger partial charge in [0.2, 0.25) is 0 Å². The highest BCUT2D eigenvalue weighted by atomic mass is 32.1. The van der Waals surface area contributed by atoms with Crippen LogP contribution >= 0.6 is 12.2 Å².